The largest absolute Gasteiger partial charge is 0.508 e. The molecule has 17 heavy (non-hydrogen) atoms. The smallest absolute Gasteiger partial charge is 0.120 e. The number of benzene rings is 1. The molecule has 1 unspecified atom stereocenters. The molecule has 4 nitrogen and oxygen atoms in total. The van der Waals surface area contributed by atoms with Gasteiger partial charge >= 0.3 is 0 Å². The molecule has 0 fully saturated rings. The van der Waals surface area contributed by atoms with Crippen LogP contribution in [0.3, 0.4) is 0 Å². The molecule has 4 heteroatoms. The minimum Gasteiger partial charge on any atom is -0.508 e. The molecule has 0 aliphatic heterocycles. The fourth-order valence-electron chi connectivity index (χ4n) is 1.86. The van der Waals surface area contributed by atoms with Crippen LogP contribution in [0.15, 0.2) is 18.2 Å². The van der Waals surface area contributed by atoms with E-state index in [0.717, 1.165) is 24.3 Å². The lowest BCUT2D eigenvalue weighted by atomic mass is 10.1. The summed E-state index contributed by atoms with van der Waals surface area (Å²) in [5.74, 6) is 0.248. The van der Waals surface area contributed by atoms with Crippen LogP contribution in [0.5, 0.6) is 5.75 Å². The second-order valence-corrected chi connectivity index (χ2v) is 4.13. The third-order valence-electron chi connectivity index (χ3n) is 2.91. The molecule has 0 saturated carbocycles. The molecule has 1 atom stereocenters. The fraction of sp³-hybridized carbons (Fsp3) is 0.538. The van der Waals surface area contributed by atoms with E-state index in [1.165, 1.54) is 0 Å². The Morgan fingerprint density at radius 2 is 1.94 bits per heavy atom. The lowest BCUT2D eigenvalue weighted by Gasteiger charge is -2.22. The number of rotatable bonds is 6. The third kappa shape index (κ3) is 3.61. The highest BCUT2D eigenvalue weighted by Crippen LogP contribution is 2.25. The van der Waals surface area contributed by atoms with Crippen LogP contribution in [0, 0.1) is 0 Å². The first-order valence-corrected chi connectivity index (χ1v) is 6.05. The predicted octanol–water partition coefficient (Wildman–Crippen LogP) is 1.10. The van der Waals surface area contributed by atoms with Crippen LogP contribution in [-0.4, -0.2) is 36.0 Å². The highest BCUT2D eigenvalue weighted by Gasteiger charge is 2.09. The molecular weight excluding hydrogens is 216 g/mol. The molecule has 0 saturated heterocycles. The van der Waals surface area contributed by atoms with Crippen LogP contribution in [0.1, 0.15) is 19.4 Å². The van der Waals surface area contributed by atoms with Gasteiger partial charge in [-0.1, -0.05) is 6.07 Å². The zero-order valence-electron chi connectivity index (χ0n) is 10.6. The van der Waals surface area contributed by atoms with Crippen LogP contribution < -0.4 is 10.6 Å². The molecule has 1 aromatic carbocycles. The van der Waals surface area contributed by atoms with E-state index < -0.39 is 0 Å². The summed E-state index contributed by atoms with van der Waals surface area (Å²) in [6.45, 7) is 5.90. The van der Waals surface area contributed by atoms with Gasteiger partial charge in [-0.3, -0.25) is 0 Å². The normalized spacial score (nSPS) is 12.5. The number of anilines is 1. The van der Waals surface area contributed by atoms with Crippen molar-refractivity contribution < 1.29 is 10.2 Å². The maximum atomic E-state index is 9.91. The molecular formula is C13H22N2O2. The van der Waals surface area contributed by atoms with E-state index in [1.54, 1.807) is 6.07 Å². The SMILES string of the molecule is CCN(CC)c1ccc(CC(N)CO)c(O)c1. The summed E-state index contributed by atoms with van der Waals surface area (Å²) in [4.78, 5) is 2.16. The summed E-state index contributed by atoms with van der Waals surface area (Å²) in [6.07, 6.45) is 0.487. The van der Waals surface area contributed by atoms with Gasteiger partial charge in [0.2, 0.25) is 0 Å². The second kappa shape index (κ2) is 6.47. The Balaban J connectivity index is 2.85. The fourth-order valence-corrected chi connectivity index (χ4v) is 1.86. The van der Waals surface area contributed by atoms with Crippen LogP contribution in [0.2, 0.25) is 0 Å². The highest BCUT2D eigenvalue weighted by molar-refractivity contribution is 5.53. The van der Waals surface area contributed by atoms with Gasteiger partial charge in [0.05, 0.1) is 6.61 Å². The van der Waals surface area contributed by atoms with E-state index in [9.17, 15) is 5.11 Å². The minimum atomic E-state index is -0.319. The average Bonchev–Trinajstić information content (AvgIpc) is 2.33. The van der Waals surface area contributed by atoms with E-state index in [1.807, 2.05) is 12.1 Å². The van der Waals surface area contributed by atoms with Crippen LogP contribution in [-0.2, 0) is 6.42 Å². The molecule has 0 heterocycles. The van der Waals surface area contributed by atoms with Crippen molar-refractivity contribution in [2.75, 3.05) is 24.6 Å². The maximum absolute atomic E-state index is 9.91. The van der Waals surface area contributed by atoms with E-state index >= 15 is 0 Å². The van der Waals surface area contributed by atoms with Gasteiger partial charge in [-0.25, -0.2) is 0 Å². The maximum Gasteiger partial charge on any atom is 0.120 e. The van der Waals surface area contributed by atoms with Gasteiger partial charge in [0, 0.05) is 30.9 Å². The number of aliphatic hydroxyl groups is 1. The van der Waals surface area contributed by atoms with E-state index in [2.05, 4.69) is 18.7 Å². The third-order valence-corrected chi connectivity index (χ3v) is 2.91. The quantitative estimate of drug-likeness (QED) is 0.694. The van der Waals surface area contributed by atoms with Crippen molar-refractivity contribution in [3.63, 3.8) is 0 Å². The number of aromatic hydroxyl groups is 1. The second-order valence-electron chi connectivity index (χ2n) is 4.13. The Morgan fingerprint density at radius 1 is 1.29 bits per heavy atom. The Labute approximate surface area is 103 Å². The Morgan fingerprint density at radius 3 is 2.41 bits per heavy atom. The number of phenolic OH excluding ortho intramolecular Hbond substituents is 1. The van der Waals surface area contributed by atoms with Crippen LogP contribution >= 0.6 is 0 Å². The van der Waals surface area contributed by atoms with E-state index in [-0.39, 0.29) is 18.4 Å². The molecule has 0 aliphatic carbocycles. The number of nitrogens with zero attached hydrogens (tertiary/aromatic N) is 1. The van der Waals surface area contributed by atoms with Gasteiger partial charge in [-0.2, -0.15) is 0 Å². The zero-order chi connectivity index (χ0) is 12.8. The molecule has 0 spiro atoms. The van der Waals surface area contributed by atoms with Gasteiger partial charge in [0.25, 0.3) is 0 Å². The minimum absolute atomic E-state index is 0.0722. The Bertz CT molecular complexity index is 351. The van der Waals surface area contributed by atoms with Crippen LogP contribution in [0.25, 0.3) is 0 Å². The first kappa shape index (κ1) is 13.8. The highest BCUT2D eigenvalue weighted by atomic mass is 16.3. The van der Waals surface area contributed by atoms with Crippen molar-refractivity contribution in [1.82, 2.24) is 0 Å². The number of phenols is 1. The van der Waals surface area contributed by atoms with Crippen molar-refractivity contribution in [3.05, 3.63) is 23.8 Å². The number of aliphatic hydroxyl groups excluding tert-OH is 1. The molecule has 0 amide bonds. The summed E-state index contributed by atoms with van der Waals surface area (Å²) in [5.41, 5.74) is 7.44. The van der Waals surface area contributed by atoms with Gasteiger partial charge < -0.3 is 20.8 Å². The van der Waals surface area contributed by atoms with Crippen molar-refractivity contribution in [2.24, 2.45) is 5.73 Å². The molecule has 0 bridgehead atoms. The Hall–Kier alpha value is -1.26. The molecule has 96 valence electrons. The number of hydrogen-bond acceptors (Lipinski definition) is 4. The molecule has 0 aromatic heterocycles. The van der Waals surface area contributed by atoms with Crippen molar-refractivity contribution in [3.8, 4) is 5.75 Å². The van der Waals surface area contributed by atoms with Crippen LogP contribution in [0.4, 0.5) is 5.69 Å². The monoisotopic (exact) mass is 238 g/mol. The summed E-state index contributed by atoms with van der Waals surface area (Å²) < 4.78 is 0. The predicted molar refractivity (Wildman–Crippen MR) is 70.4 cm³/mol. The number of hydrogen-bond donors (Lipinski definition) is 3. The van der Waals surface area contributed by atoms with Crippen molar-refractivity contribution in [1.29, 1.82) is 0 Å². The first-order valence-electron chi connectivity index (χ1n) is 6.05. The molecule has 1 aromatic rings. The van der Waals surface area contributed by atoms with Crippen molar-refractivity contribution in [2.45, 2.75) is 26.3 Å². The Kier molecular flexibility index (Phi) is 5.25. The van der Waals surface area contributed by atoms with E-state index in [4.69, 9.17) is 10.8 Å². The molecule has 0 aliphatic rings. The summed E-state index contributed by atoms with van der Waals surface area (Å²) >= 11 is 0. The average molecular weight is 238 g/mol. The topological polar surface area (TPSA) is 69.7 Å². The number of nitrogens with two attached hydrogens (primary N) is 1. The molecule has 4 N–H and O–H groups in total. The lowest BCUT2D eigenvalue weighted by Crippen LogP contribution is -2.27. The van der Waals surface area contributed by atoms with Gasteiger partial charge in [0.1, 0.15) is 5.75 Å². The van der Waals surface area contributed by atoms with Gasteiger partial charge in [-0.15, -0.1) is 0 Å². The van der Waals surface area contributed by atoms with Gasteiger partial charge in [0.15, 0.2) is 0 Å². The molecule has 0 radical (unpaired) electrons. The summed E-state index contributed by atoms with van der Waals surface area (Å²) in [5, 5.41) is 18.8. The van der Waals surface area contributed by atoms with Gasteiger partial charge in [-0.05, 0) is 31.9 Å². The lowest BCUT2D eigenvalue weighted by molar-refractivity contribution is 0.264. The summed E-state index contributed by atoms with van der Waals surface area (Å²) in [7, 11) is 0. The zero-order valence-corrected chi connectivity index (χ0v) is 10.6. The summed E-state index contributed by atoms with van der Waals surface area (Å²) in [6, 6.07) is 5.29. The van der Waals surface area contributed by atoms with Crippen molar-refractivity contribution >= 4 is 5.69 Å². The standard InChI is InChI=1S/C13H22N2O2/c1-3-15(4-2)12-6-5-10(13(17)8-12)7-11(14)9-16/h5-6,8,11,16-17H,3-4,7,9,14H2,1-2H3. The molecule has 1 rings (SSSR count). The van der Waals surface area contributed by atoms with E-state index in [0.29, 0.717) is 6.42 Å². The first-order chi connectivity index (χ1) is 8.12.